The van der Waals surface area contributed by atoms with Crippen LogP contribution in [-0.2, 0) is 4.79 Å². The number of aliphatic hydroxyl groups is 1. The van der Waals surface area contributed by atoms with E-state index in [1.807, 2.05) is 11.8 Å². The number of piperidine rings is 1. The molecule has 1 heterocycles. The standard InChI is InChI=1S/C11H22N2O2/c1-2-10(12)6-11(15)13-5-3-4-9(7-13)8-14/h9-10,14H,2-8,12H2,1H3. The summed E-state index contributed by atoms with van der Waals surface area (Å²) >= 11 is 0. The van der Waals surface area contributed by atoms with Gasteiger partial charge in [0.15, 0.2) is 0 Å². The first kappa shape index (κ1) is 12.5. The van der Waals surface area contributed by atoms with E-state index in [1.54, 1.807) is 0 Å². The Bertz CT molecular complexity index is 209. The maximum Gasteiger partial charge on any atom is 0.224 e. The van der Waals surface area contributed by atoms with Gasteiger partial charge < -0.3 is 15.7 Å². The van der Waals surface area contributed by atoms with Crippen molar-refractivity contribution in [2.75, 3.05) is 19.7 Å². The average Bonchev–Trinajstić information content (AvgIpc) is 2.28. The number of carbonyl (C=O) groups is 1. The van der Waals surface area contributed by atoms with Crippen LogP contribution in [0.3, 0.4) is 0 Å². The smallest absolute Gasteiger partial charge is 0.224 e. The second-order valence-electron chi connectivity index (χ2n) is 4.40. The third-order valence-electron chi connectivity index (χ3n) is 3.09. The van der Waals surface area contributed by atoms with Crippen molar-refractivity contribution in [2.45, 2.75) is 38.6 Å². The van der Waals surface area contributed by atoms with E-state index >= 15 is 0 Å². The molecule has 0 aromatic carbocycles. The molecule has 1 rings (SSSR count). The minimum atomic E-state index is -0.0213. The van der Waals surface area contributed by atoms with Gasteiger partial charge in [0.2, 0.25) is 5.91 Å². The Kier molecular flexibility index (Phi) is 5.05. The number of carbonyl (C=O) groups excluding carboxylic acids is 1. The van der Waals surface area contributed by atoms with Crippen LogP contribution in [0, 0.1) is 5.92 Å². The normalized spacial score (nSPS) is 23.9. The maximum absolute atomic E-state index is 11.8. The van der Waals surface area contributed by atoms with Gasteiger partial charge in [0.05, 0.1) is 0 Å². The van der Waals surface area contributed by atoms with Gasteiger partial charge in [-0.25, -0.2) is 0 Å². The van der Waals surface area contributed by atoms with Crippen LogP contribution in [0.2, 0.25) is 0 Å². The highest BCUT2D eigenvalue weighted by atomic mass is 16.3. The highest BCUT2D eigenvalue weighted by Crippen LogP contribution is 2.16. The fourth-order valence-corrected chi connectivity index (χ4v) is 1.94. The van der Waals surface area contributed by atoms with E-state index in [4.69, 9.17) is 10.8 Å². The molecule has 0 radical (unpaired) electrons. The molecule has 0 bridgehead atoms. The van der Waals surface area contributed by atoms with Gasteiger partial charge in [-0.3, -0.25) is 4.79 Å². The summed E-state index contributed by atoms with van der Waals surface area (Å²) in [5.74, 6) is 0.406. The monoisotopic (exact) mass is 214 g/mol. The van der Waals surface area contributed by atoms with Gasteiger partial charge in [-0.15, -0.1) is 0 Å². The topological polar surface area (TPSA) is 66.6 Å². The van der Waals surface area contributed by atoms with Crippen LogP contribution >= 0.6 is 0 Å². The molecule has 1 amide bonds. The van der Waals surface area contributed by atoms with E-state index in [-0.39, 0.29) is 24.5 Å². The Morgan fingerprint density at radius 3 is 3.00 bits per heavy atom. The summed E-state index contributed by atoms with van der Waals surface area (Å²) in [6.45, 7) is 3.70. The lowest BCUT2D eigenvalue weighted by Crippen LogP contribution is -2.42. The minimum Gasteiger partial charge on any atom is -0.396 e. The third-order valence-corrected chi connectivity index (χ3v) is 3.09. The number of hydrogen-bond donors (Lipinski definition) is 2. The van der Waals surface area contributed by atoms with Crippen molar-refractivity contribution in [1.29, 1.82) is 0 Å². The SMILES string of the molecule is CCC(N)CC(=O)N1CCCC(CO)C1. The van der Waals surface area contributed by atoms with Gasteiger partial charge in [-0.2, -0.15) is 0 Å². The van der Waals surface area contributed by atoms with Crippen molar-refractivity contribution in [2.24, 2.45) is 11.7 Å². The first-order valence-electron chi connectivity index (χ1n) is 5.81. The molecule has 88 valence electrons. The van der Waals surface area contributed by atoms with Crippen molar-refractivity contribution < 1.29 is 9.90 Å². The van der Waals surface area contributed by atoms with Crippen LogP contribution < -0.4 is 5.73 Å². The Labute approximate surface area is 91.4 Å². The Balaban J connectivity index is 2.38. The van der Waals surface area contributed by atoms with Crippen LogP contribution in [0.25, 0.3) is 0 Å². The lowest BCUT2D eigenvalue weighted by molar-refractivity contribution is -0.133. The highest BCUT2D eigenvalue weighted by Gasteiger charge is 2.23. The molecule has 0 aliphatic carbocycles. The van der Waals surface area contributed by atoms with Gasteiger partial charge in [0.25, 0.3) is 0 Å². The molecule has 4 heteroatoms. The maximum atomic E-state index is 11.8. The molecule has 4 nitrogen and oxygen atoms in total. The second kappa shape index (κ2) is 6.08. The van der Waals surface area contributed by atoms with E-state index in [0.29, 0.717) is 13.0 Å². The number of hydrogen-bond acceptors (Lipinski definition) is 3. The van der Waals surface area contributed by atoms with E-state index in [9.17, 15) is 4.79 Å². The van der Waals surface area contributed by atoms with Crippen LogP contribution in [0.1, 0.15) is 32.6 Å². The largest absolute Gasteiger partial charge is 0.396 e. The molecule has 1 aliphatic heterocycles. The van der Waals surface area contributed by atoms with Crippen molar-refractivity contribution in [3.05, 3.63) is 0 Å². The lowest BCUT2D eigenvalue weighted by atomic mass is 9.98. The van der Waals surface area contributed by atoms with Crippen LogP contribution in [0.4, 0.5) is 0 Å². The predicted octanol–water partition coefficient (Wildman–Crippen LogP) is 0.345. The third kappa shape index (κ3) is 3.80. The number of aliphatic hydroxyl groups excluding tert-OH is 1. The van der Waals surface area contributed by atoms with E-state index in [1.165, 1.54) is 0 Å². The summed E-state index contributed by atoms with van der Waals surface area (Å²) in [7, 11) is 0. The Hall–Kier alpha value is -0.610. The van der Waals surface area contributed by atoms with Crippen LogP contribution in [0.15, 0.2) is 0 Å². The average molecular weight is 214 g/mol. The van der Waals surface area contributed by atoms with Gasteiger partial charge in [0.1, 0.15) is 0 Å². The zero-order valence-corrected chi connectivity index (χ0v) is 9.48. The summed E-state index contributed by atoms with van der Waals surface area (Å²) < 4.78 is 0. The Morgan fingerprint density at radius 2 is 2.40 bits per heavy atom. The van der Waals surface area contributed by atoms with Crippen LogP contribution in [-0.4, -0.2) is 41.7 Å². The van der Waals surface area contributed by atoms with E-state index < -0.39 is 0 Å². The van der Waals surface area contributed by atoms with E-state index in [0.717, 1.165) is 25.8 Å². The van der Waals surface area contributed by atoms with Crippen molar-refractivity contribution in [1.82, 2.24) is 4.90 Å². The molecular weight excluding hydrogens is 192 g/mol. The minimum absolute atomic E-state index is 0.0213. The van der Waals surface area contributed by atoms with E-state index in [2.05, 4.69) is 0 Å². The highest BCUT2D eigenvalue weighted by molar-refractivity contribution is 5.76. The molecule has 2 unspecified atom stereocenters. The van der Waals surface area contributed by atoms with Gasteiger partial charge in [-0.1, -0.05) is 6.92 Å². The molecule has 1 aliphatic rings. The number of likely N-dealkylation sites (tertiary alicyclic amines) is 1. The van der Waals surface area contributed by atoms with Crippen LogP contribution in [0.5, 0.6) is 0 Å². The molecule has 0 spiro atoms. The van der Waals surface area contributed by atoms with Crippen molar-refractivity contribution >= 4 is 5.91 Å². The van der Waals surface area contributed by atoms with Gasteiger partial charge >= 0.3 is 0 Å². The first-order chi connectivity index (χ1) is 7.17. The molecule has 0 saturated carbocycles. The second-order valence-corrected chi connectivity index (χ2v) is 4.40. The molecule has 2 atom stereocenters. The van der Waals surface area contributed by atoms with Gasteiger partial charge in [0, 0.05) is 32.2 Å². The van der Waals surface area contributed by atoms with Gasteiger partial charge in [-0.05, 0) is 25.2 Å². The molecule has 15 heavy (non-hydrogen) atoms. The molecule has 1 saturated heterocycles. The zero-order chi connectivity index (χ0) is 11.3. The molecular formula is C11H22N2O2. The molecule has 0 aromatic heterocycles. The summed E-state index contributed by atoms with van der Waals surface area (Å²) in [4.78, 5) is 13.6. The summed E-state index contributed by atoms with van der Waals surface area (Å²) in [6.07, 6.45) is 3.30. The number of rotatable bonds is 4. The quantitative estimate of drug-likeness (QED) is 0.709. The zero-order valence-electron chi connectivity index (χ0n) is 9.48. The number of amides is 1. The summed E-state index contributed by atoms with van der Waals surface area (Å²) in [5, 5.41) is 9.06. The number of nitrogens with two attached hydrogens (primary N) is 1. The number of nitrogens with zero attached hydrogens (tertiary/aromatic N) is 1. The fourth-order valence-electron chi connectivity index (χ4n) is 1.94. The molecule has 1 fully saturated rings. The first-order valence-corrected chi connectivity index (χ1v) is 5.81. The fraction of sp³-hybridized carbons (Fsp3) is 0.909. The Morgan fingerprint density at radius 1 is 1.67 bits per heavy atom. The summed E-state index contributed by atoms with van der Waals surface area (Å²) in [5.41, 5.74) is 5.75. The molecule has 3 N–H and O–H groups in total. The van der Waals surface area contributed by atoms with Crippen molar-refractivity contribution in [3.63, 3.8) is 0 Å². The molecule has 0 aromatic rings. The summed E-state index contributed by atoms with van der Waals surface area (Å²) in [6, 6.07) is -0.0213. The van der Waals surface area contributed by atoms with Crippen molar-refractivity contribution in [3.8, 4) is 0 Å². The predicted molar refractivity (Wildman–Crippen MR) is 59.3 cm³/mol. The lowest BCUT2D eigenvalue weighted by Gasteiger charge is -2.32.